The minimum absolute atomic E-state index is 0.00599. The molecule has 0 aromatic heterocycles. The number of phenolic OH excluding ortho intramolecular Hbond substituents is 2. The standard InChI is InChI=1S/C18H14Cl8N2O2/c19-9-7(17(29)15(25)13(23)11(9)21)4-27-2-1-3-28(6-27)5-8-10(20)12(22)14(24)16(26)18(8)30/h29-30H,1-6H2. The Balaban J connectivity index is 1.82. The maximum atomic E-state index is 10.4. The van der Waals surface area contributed by atoms with Crippen LogP contribution in [0.3, 0.4) is 0 Å². The van der Waals surface area contributed by atoms with Crippen molar-refractivity contribution in [2.75, 3.05) is 19.8 Å². The molecule has 0 amide bonds. The van der Waals surface area contributed by atoms with E-state index in [1.807, 2.05) is 9.80 Å². The molecule has 0 spiro atoms. The number of nitrogens with zero attached hydrogens (tertiary/aromatic N) is 2. The Morgan fingerprint density at radius 3 is 1.23 bits per heavy atom. The number of phenols is 2. The summed E-state index contributed by atoms with van der Waals surface area (Å²) < 4.78 is 0. The SMILES string of the molecule is Oc1c(Cl)c(Cl)c(Cl)c(Cl)c1CN1CCCN(Cc2c(O)c(Cl)c(Cl)c(Cl)c2Cl)C1. The third-order valence-corrected chi connectivity index (χ3v) is 8.45. The van der Waals surface area contributed by atoms with Crippen LogP contribution in [0.2, 0.25) is 40.2 Å². The van der Waals surface area contributed by atoms with Crippen molar-refractivity contribution in [3.63, 3.8) is 0 Å². The molecular weight excluding hydrogens is 560 g/mol. The smallest absolute Gasteiger partial charge is 0.141 e. The van der Waals surface area contributed by atoms with E-state index >= 15 is 0 Å². The Morgan fingerprint density at radius 2 is 0.867 bits per heavy atom. The van der Waals surface area contributed by atoms with Gasteiger partial charge in [-0.3, -0.25) is 9.80 Å². The minimum Gasteiger partial charge on any atom is -0.506 e. The van der Waals surface area contributed by atoms with Crippen molar-refractivity contribution in [3.05, 3.63) is 51.3 Å². The second-order valence-corrected chi connectivity index (χ2v) is 9.79. The third-order valence-electron chi connectivity index (χ3n) is 4.79. The first-order chi connectivity index (χ1) is 14.0. The Morgan fingerprint density at radius 1 is 0.533 bits per heavy atom. The van der Waals surface area contributed by atoms with E-state index in [0.29, 0.717) is 30.9 Å². The number of rotatable bonds is 4. The Bertz CT molecular complexity index is 866. The van der Waals surface area contributed by atoms with Gasteiger partial charge in [0.2, 0.25) is 0 Å². The van der Waals surface area contributed by atoms with E-state index < -0.39 is 0 Å². The minimum atomic E-state index is -0.204. The van der Waals surface area contributed by atoms with Crippen LogP contribution in [-0.2, 0) is 13.1 Å². The second kappa shape index (κ2) is 10.0. The van der Waals surface area contributed by atoms with Crippen LogP contribution in [0, 0.1) is 0 Å². The number of aromatic hydroxyl groups is 2. The molecule has 0 saturated carbocycles. The lowest BCUT2D eigenvalue weighted by molar-refractivity contribution is 0.0735. The van der Waals surface area contributed by atoms with Crippen molar-refractivity contribution in [1.29, 1.82) is 0 Å². The zero-order valence-corrected chi connectivity index (χ0v) is 21.1. The topological polar surface area (TPSA) is 46.9 Å². The quantitative estimate of drug-likeness (QED) is 0.287. The van der Waals surface area contributed by atoms with Gasteiger partial charge in [0.25, 0.3) is 0 Å². The summed E-state index contributed by atoms with van der Waals surface area (Å²) in [5.41, 5.74) is 0.771. The highest BCUT2D eigenvalue weighted by molar-refractivity contribution is 6.53. The van der Waals surface area contributed by atoms with E-state index in [9.17, 15) is 10.2 Å². The molecule has 0 atom stereocenters. The largest absolute Gasteiger partial charge is 0.506 e. The average Bonchev–Trinajstić information content (AvgIpc) is 2.74. The van der Waals surface area contributed by atoms with Gasteiger partial charge in [-0.1, -0.05) is 92.8 Å². The number of benzene rings is 2. The summed E-state index contributed by atoms with van der Waals surface area (Å²) in [5, 5.41) is 21.2. The molecule has 12 heteroatoms. The first-order valence-corrected chi connectivity index (χ1v) is 11.6. The van der Waals surface area contributed by atoms with Crippen LogP contribution in [0.5, 0.6) is 11.5 Å². The van der Waals surface area contributed by atoms with Gasteiger partial charge in [-0.2, -0.15) is 0 Å². The lowest BCUT2D eigenvalue weighted by Crippen LogP contribution is -2.44. The van der Waals surface area contributed by atoms with E-state index in [-0.39, 0.29) is 51.7 Å². The summed E-state index contributed by atoms with van der Waals surface area (Å²) in [6, 6.07) is 0. The molecule has 0 aliphatic carbocycles. The summed E-state index contributed by atoms with van der Waals surface area (Å²) in [4.78, 5) is 4.07. The summed E-state index contributed by atoms with van der Waals surface area (Å²) in [6.07, 6.45) is 0.820. The summed E-state index contributed by atoms with van der Waals surface area (Å²) in [5.74, 6) is -0.407. The number of halogens is 8. The highest BCUT2D eigenvalue weighted by Crippen LogP contribution is 2.47. The summed E-state index contributed by atoms with van der Waals surface area (Å²) >= 11 is 48.9. The predicted molar refractivity (Wildman–Crippen MR) is 127 cm³/mol. The van der Waals surface area contributed by atoms with E-state index in [1.165, 1.54) is 0 Å². The molecule has 164 valence electrons. The fraction of sp³-hybridized carbons (Fsp3) is 0.333. The van der Waals surface area contributed by atoms with Crippen LogP contribution in [0.1, 0.15) is 17.5 Å². The van der Waals surface area contributed by atoms with E-state index in [1.54, 1.807) is 0 Å². The van der Waals surface area contributed by atoms with E-state index in [2.05, 4.69) is 0 Å². The molecule has 1 heterocycles. The lowest BCUT2D eigenvalue weighted by Gasteiger charge is -2.36. The molecule has 30 heavy (non-hydrogen) atoms. The third kappa shape index (κ3) is 4.79. The van der Waals surface area contributed by atoms with Crippen LogP contribution in [0.15, 0.2) is 0 Å². The van der Waals surface area contributed by atoms with Crippen molar-refractivity contribution in [3.8, 4) is 11.5 Å². The first kappa shape index (κ1) is 24.9. The second-order valence-electron chi connectivity index (χ2n) is 6.77. The Labute approximate surface area is 213 Å². The predicted octanol–water partition coefficient (Wildman–Crippen LogP) is 7.99. The van der Waals surface area contributed by atoms with Crippen molar-refractivity contribution in [2.24, 2.45) is 0 Å². The zero-order valence-electron chi connectivity index (χ0n) is 15.1. The van der Waals surface area contributed by atoms with Gasteiger partial charge >= 0.3 is 0 Å². The highest BCUT2D eigenvalue weighted by Gasteiger charge is 2.26. The van der Waals surface area contributed by atoms with Crippen molar-refractivity contribution >= 4 is 92.8 Å². The molecule has 2 N–H and O–H groups in total. The monoisotopic (exact) mass is 570 g/mol. The molecule has 2 aromatic carbocycles. The Hall–Kier alpha value is 0.280. The van der Waals surface area contributed by atoms with E-state index in [4.69, 9.17) is 92.8 Å². The van der Waals surface area contributed by atoms with Crippen LogP contribution >= 0.6 is 92.8 Å². The van der Waals surface area contributed by atoms with Crippen molar-refractivity contribution < 1.29 is 10.2 Å². The molecule has 0 radical (unpaired) electrons. The fourth-order valence-electron chi connectivity index (χ4n) is 3.27. The molecule has 0 bridgehead atoms. The molecule has 1 aliphatic heterocycles. The van der Waals surface area contributed by atoms with Gasteiger partial charge in [0.15, 0.2) is 0 Å². The molecule has 1 aliphatic rings. The first-order valence-electron chi connectivity index (χ1n) is 8.56. The molecular formula is C18H14Cl8N2O2. The summed E-state index contributed by atoms with van der Waals surface area (Å²) in [6.45, 7) is 2.55. The van der Waals surface area contributed by atoms with Crippen LogP contribution in [0.4, 0.5) is 0 Å². The normalized spacial score (nSPS) is 15.7. The van der Waals surface area contributed by atoms with Gasteiger partial charge in [0.1, 0.15) is 21.5 Å². The average molecular weight is 574 g/mol. The molecule has 4 nitrogen and oxygen atoms in total. The zero-order chi connectivity index (χ0) is 22.3. The van der Waals surface area contributed by atoms with Gasteiger partial charge in [-0.15, -0.1) is 0 Å². The van der Waals surface area contributed by atoms with Gasteiger partial charge in [0.05, 0.1) is 36.8 Å². The van der Waals surface area contributed by atoms with Crippen molar-refractivity contribution in [1.82, 2.24) is 9.80 Å². The van der Waals surface area contributed by atoms with Gasteiger partial charge in [-0.05, 0) is 6.42 Å². The van der Waals surface area contributed by atoms with Crippen molar-refractivity contribution in [2.45, 2.75) is 19.5 Å². The molecule has 1 saturated heterocycles. The van der Waals surface area contributed by atoms with Gasteiger partial charge < -0.3 is 10.2 Å². The molecule has 2 aromatic rings. The molecule has 1 fully saturated rings. The molecule has 3 rings (SSSR count). The number of hydrogen-bond acceptors (Lipinski definition) is 4. The van der Waals surface area contributed by atoms with E-state index in [0.717, 1.165) is 19.5 Å². The fourth-order valence-corrected chi connectivity index (χ4v) is 5.15. The maximum absolute atomic E-state index is 10.4. The molecule has 0 unspecified atom stereocenters. The van der Waals surface area contributed by atoms with Gasteiger partial charge in [-0.25, -0.2) is 0 Å². The highest BCUT2D eigenvalue weighted by atomic mass is 35.5. The summed E-state index contributed by atoms with van der Waals surface area (Å²) in [7, 11) is 0. The van der Waals surface area contributed by atoms with Crippen LogP contribution < -0.4 is 0 Å². The van der Waals surface area contributed by atoms with Gasteiger partial charge in [0, 0.05) is 37.3 Å². The van der Waals surface area contributed by atoms with Crippen LogP contribution in [0.25, 0.3) is 0 Å². The maximum Gasteiger partial charge on any atom is 0.141 e. The Kier molecular flexibility index (Phi) is 8.34. The lowest BCUT2D eigenvalue weighted by atomic mass is 10.1. The van der Waals surface area contributed by atoms with Crippen LogP contribution in [-0.4, -0.2) is 39.8 Å². The number of hydrogen-bond donors (Lipinski definition) is 2.